The van der Waals surface area contributed by atoms with Crippen molar-refractivity contribution in [1.29, 1.82) is 0 Å². The van der Waals surface area contributed by atoms with Gasteiger partial charge in [-0.2, -0.15) is 16.4 Å². The van der Waals surface area contributed by atoms with Gasteiger partial charge in [0.05, 0.1) is 5.69 Å². The van der Waals surface area contributed by atoms with Crippen molar-refractivity contribution < 1.29 is 9.18 Å². The normalized spacial score (nSPS) is 11.0. The Morgan fingerprint density at radius 2 is 2.04 bits per heavy atom. The second-order valence-corrected chi connectivity index (χ2v) is 6.79. The molecule has 1 aromatic carbocycles. The molecule has 0 bridgehead atoms. The van der Waals surface area contributed by atoms with Crippen molar-refractivity contribution in [2.24, 2.45) is 0 Å². The number of nitrogens with zero attached hydrogens (tertiary/aromatic N) is 3. The number of rotatable bonds is 3. The number of thiophene rings is 1. The van der Waals surface area contributed by atoms with Crippen LogP contribution in [0.2, 0.25) is 0 Å². The maximum atomic E-state index is 13.2. The first-order chi connectivity index (χ1) is 12.5. The number of carbonyl (C=O) groups excluding carboxylic acids is 1. The lowest BCUT2D eigenvalue weighted by molar-refractivity contribution is 0.102. The van der Waals surface area contributed by atoms with Gasteiger partial charge < -0.3 is 5.32 Å². The average molecular weight is 366 g/mol. The molecule has 4 aromatic rings. The number of hydrogen-bond acceptors (Lipinski definition) is 4. The van der Waals surface area contributed by atoms with E-state index in [1.807, 2.05) is 29.8 Å². The van der Waals surface area contributed by atoms with Crippen LogP contribution in [0.4, 0.5) is 10.1 Å². The molecule has 5 nitrogen and oxygen atoms in total. The molecule has 0 unspecified atom stereocenters. The van der Waals surface area contributed by atoms with Gasteiger partial charge in [-0.15, -0.1) is 0 Å². The Hall–Kier alpha value is -3.06. The van der Waals surface area contributed by atoms with Crippen LogP contribution in [0.1, 0.15) is 21.7 Å². The molecule has 1 N–H and O–H groups in total. The van der Waals surface area contributed by atoms with Crippen molar-refractivity contribution in [3.05, 3.63) is 69.9 Å². The average Bonchev–Trinajstić information content (AvgIpc) is 3.26. The van der Waals surface area contributed by atoms with E-state index in [-0.39, 0.29) is 17.4 Å². The van der Waals surface area contributed by atoms with Crippen LogP contribution >= 0.6 is 11.3 Å². The van der Waals surface area contributed by atoms with Crippen molar-refractivity contribution in [3.63, 3.8) is 0 Å². The van der Waals surface area contributed by atoms with Crippen LogP contribution < -0.4 is 5.32 Å². The fourth-order valence-electron chi connectivity index (χ4n) is 2.75. The summed E-state index contributed by atoms with van der Waals surface area (Å²) in [6.45, 7) is 3.61. The lowest BCUT2D eigenvalue weighted by Gasteiger charge is -2.09. The lowest BCUT2D eigenvalue weighted by Crippen LogP contribution is -2.16. The topological polar surface area (TPSA) is 59.3 Å². The van der Waals surface area contributed by atoms with Gasteiger partial charge >= 0.3 is 0 Å². The van der Waals surface area contributed by atoms with Gasteiger partial charge in [-0.3, -0.25) is 4.79 Å². The molecule has 0 saturated heterocycles. The number of halogens is 1. The predicted molar refractivity (Wildman–Crippen MR) is 100 cm³/mol. The van der Waals surface area contributed by atoms with Crippen LogP contribution in [-0.4, -0.2) is 20.5 Å². The zero-order valence-corrected chi connectivity index (χ0v) is 15.0. The molecule has 7 heteroatoms. The molecule has 130 valence electrons. The molecule has 0 radical (unpaired) electrons. The van der Waals surface area contributed by atoms with E-state index in [0.717, 1.165) is 17.0 Å². The summed E-state index contributed by atoms with van der Waals surface area (Å²) in [6, 6.07) is 9.77. The lowest BCUT2D eigenvalue weighted by atomic mass is 10.2. The Labute approximate surface area is 153 Å². The summed E-state index contributed by atoms with van der Waals surface area (Å²) in [6.07, 6.45) is 0. The van der Waals surface area contributed by atoms with E-state index in [9.17, 15) is 9.18 Å². The molecule has 0 fully saturated rings. The summed E-state index contributed by atoms with van der Waals surface area (Å²) in [5, 5.41) is 11.3. The largest absolute Gasteiger partial charge is 0.320 e. The Morgan fingerprint density at radius 3 is 2.77 bits per heavy atom. The number of benzene rings is 1. The monoisotopic (exact) mass is 366 g/mol. The highest BCUT2D eigenvalue weighted by molar-refractivity contribution is 7.08. The summed E-state index contributed by atoms with van der Waals surface area (Å²) in [5.74, 6) is -0.681. The van der Waals surface area contributed by atoms with Crippen LogP contribution in [0.25, 0.3) is 16.9 Å². The van der Waals surface area contributed by atoms with Gasteiger partial charge in [-0.25, -0.2) is 13.9 Å². The second kappa shape index (κ2) is 6.34. The Kier molecular flexibility index (Phi) is 4.00. The van der Waals surface area contributed by atoms with Crippen LogP contribution in [-0.2, 0) is 0 Å². The van der Waals surface area contributed by atoms with Gasteiger partial charge in [0.25, 0.3) is 5.91 Å². The summed E-state index contributed by atoms with van der Waals surface area (Å²) < 4.78 is 14.9. The molecule has 3 aromatic heterocycles. The van der Waals surface area contributed by atoms with E-state index in [4.69, 9.17) is 0 Å². The van der Waals surface area contributed by atoms with E-state index in [0.29, 0.717) is 16.9 Å². The molecular weight excluding hydrogens is 351 g/mol. The van der Waals surface area contributed by atoms with Gasteiger partial charge in [0.15, 0.2) is 5.65 Å². The Balaban J connectivity index is 1.69. The third-order valence-corrected chi connectivity index (χ3v) is 4.77. The van der Waals surface area contributed by atoms with E-state index < -0.39 is 0 Å². The maximum absolute atomic E-state index is 13.2. The highest BCUT2D eigenvalue weighted by atomic mass is 32.1. The highest BCUT2D eigenvalue weighted by Crippen LogP contribution is 2.23. The minimum Gasteiger partial charge on any atom is -0.320 e. The molecule has 0 aliphatic heterocycles. The van der Waals surface area contributed by atoms with E-state index in [1.54, 1.807) is 34.9 Å². The number of hydrogen-bond donors (Lipinski definition) is 1. The number of aromatic nitrogens is 3. The first-order valence-corrected chi connectivity index (χ1v) is 8.93. The van der Waals surface area contributed by atoms with Crippen LogP contribution in [0.3, 0.4) is 0 Å². The molecule has 0 aliphatic rings. The first kappa shape index (κ1) is 16.4. The van der Waals surface area contributed by atoms with Crippen molar-refractivity contribution in [2.45, 2.75) is 13.8 Å². The van der Waals surface area contributed by atoms with Gasteiger partial charge in [-0.05, 0) is 55.1 Å². The second-order valence-electron chi connectivity index (χ2n) is 6.01. The molecule has 0 atom stereocenters. The fourth-order valence-corrected chi connectivity index (χ4v) is 3.40. The van der Waals surface area contributed by atoms with Gasteiger partial charge in [0, 0.05) is 28.4 Å². The minimum absolute atomic E-state index is 0.287. The molecule has 1 amide bonds. The molecule has 26 heavy (non-hydrogen) atoms. The van der Waals surface area contributed by atoms with Gasteiger partial charge in [0.2, 0.25) is 0 Å². The fraction of sp³-hybridized carbons (Fsp3) is 0.105. The standard InChI is InChI=1S/C19H15FN4OS/c1-11-7-14(20)3-4-15(11)22-19(25)17-8-12(2)24-18(21-17)9-16(23-24)13-5-6-26-10-13/h3-10H,1-2H3,(H,22,25). The summed E-state index contributed by atoms with van der Waals surface area (Å²) in [5.41, 5.74) is 4.74. The Morgan fingerprint density at radius 1 is 1.19 bits per heavy atom. The zero-order valence-electron chi connectivity index (χ0n) is 14.2. The van der Waals surface area contributed by atoms with Crippen molar-refractivity contribution >= 4 is 28.6 Å². The van der Waals surface area contributed by atoms with E-state index >= 15 is 0 Å². The number of carbonyl (C=O) groups is 1. The number of fused-ring (bicyclic) bond motifs is 1. The molecule has 4 rings (SSSR count). The summed E-state index contributed by atoms with van der Waals surface area (Å²) >= 11 is 1.60. The third-order valence-electron chi connectivity index (χ3n) is 4.09. The highest BCUT2D eigenvalue weighted by Gasteiger charge is 2.14. The quantitative estimate of drug-likeness (QED) is 0.582. The summed E-state index contributed by atoms with van der Waals surface area (Å²) in [4.78, 5) is 17.0. The molecule has 0 saturated carbocycles. The number of amides is 1. The molecule has 0 spiro atoms. The van der Waals surface area contributed by atoms with Crippen LogP contribution in [0, 0.1) is 19.7 Å². The predicted octanol–water partition coefficient (Wildman–Crippen LogP) is 4.47. The number of anilines is 1. The maximum Gasteiger partial charge on any atom is 0.274 e. The first-order valence-electron chi connectivity index (χ1n) is 7.99. The van der Waals surface area contributed by atoms with Crippen LogP contribution in [0.5, 0.6) is 0 Å². The molecular formula is C19H15FN4OS. The van der Waals surface area contributed by atoms with Crippen molar-refractivity contribution in [2.75, 3.05) is 5.32 Å². The van der Waals surface area contributed by atoms with E-state index in [1.165, 1.54) is 12.1 Å². The van der Waals surface area contributed by atoms with Gasteiger partial charge in [-0.1, -0.05) is 0 Å². The van der Waals surface area contributed by atoms with Crippen LogP contribution in [0.15, 0.2) is 47.2 Å². The zero-order chi connectivity index (χ0) is 18.3. The van der Waals surface area contributed by atoms with E-state index in [2.05, 4.69) is 15.4 Å². The molecule has 3 heterocycles. The minimum atomic E-state index is -0.344. The van der Waals surface area contributed by atoms with Gasteiger partial charge in [0.1, 0.15) is 11.5 Å². The smallest absolute Gasteiger partial charge is 0.274 e. The Bertz CT molecular complexity index is 1120. The number of nitrogens with one attached hydrogen (secondary N) is 1. The third kappa shape index (κ3) is 2.97. The SMILES string of the molecule is Cc1cc(F)ccc1NC(=O)c1cc(C)n2nc(-c3ccsc3)cc2n1. The molecule has 0 aliphatic carbocycles. The van der Waals surface area contributed by atoms with Crippen molar-refractivity contribution in [3.8, 4) is 11.3 Å². The number of aryl methyl sites for hydroxylation is 2. The van der Waals surface area contributed by atoms with Crippen molar-refractivity contribution in [1.82, 2.24) is 14.6 Å². The summed E-state index contributed by atoms with van der Waals surface area (Å²) in [7, 11) is 0.